The minimum atomic E-state index is -0.214. The van der Waals surface area contributed by atoms with E-state index >= 15 is 0 Å². The van der Waals surface area contributed by atoms with Gasteiger partial charge < -0.3 is 10.1 Å². The summed E-state index contributed by atoms with van der Waals surface area (Å²) in [4.78, 5) is 6.03. The Morgan fingerprint density at radius 2 is 2.25 bits per heavy atom. The van der Waals surface area contributed by atoms with E-state index in [1.54, 1.807) is 11.3 Å². The Hall–Kier alpha value is -1.47. The zero-order valence-corrected chi connectivity index (χ0v) is 18.0. The van der Waals surface area contributed by atoms with E-state index in [1.807, 2.05) is 24.9 Å². The number of nitrogens with one attached hydrogen (secondary N) is 1. The van der Waals surface area contributed by atoms with E-state index in [2.05, 4.69) is 34.5 Å². The summed E-state index contributed by atoms with van der Waals surface area (Å²) in [5.74, 6) is 0. The van der Waals surface area contributed by atoms with Crippen molar-refractivity contribution in [1.29, 1.82) is 0 Å². The minimum Gasteiger partial charge on any atom is -0.369 e. The fraction of sp³-hybridized carbons (Fsp3) is 0.524. The molecule has 1 fully saturated rings. The number of rotatable bonds is 1. The summed E-state index contributed by atoms with van der Waals surface area (Å²) < 4.78 is 9.18. The largest absolute Gasteiger partial charge is 0.369 e. The van der Waals surface area contributed by atoms with Crippen LogP contribution in [-0.2, 0) is 23.8 Å². The summed E-state index contributed by atoms with van der Waals surface area (Å²) >= 11 is 8.06. The van der Waals surface area contributed by atoms with Crippen molar-refractivity contribution in [3.05, 3.63) is 44.4 Å². The first kappa shape index (κ1) is 18.6. The fourth-order valence-corrected chi connectivity index (χ4v) is 6.44. The quantitative estimate of drug-likeness (QED) is 0.626. The first-order valence-electron chi connectivity index (χ1n) is 9.93. The highest BCUT2D eigenvalue weighted by atomic mass is 35.5. The van der Waals surface area contributed by atoms with Crippen molar-refractivity contribution in [2.45, 2.75) is 57.2 Å². The molecule has 5 heterocycles. The van der Waals surface area contributed by atoms with Gasteiger partial charge in [-0.2, -0.15) is 5.10 Å². The number of pyridine rings is 1. The van der Waals surface area contributed by atoms with Crippen LogP contribution in [0.5, 0.6) is 0 Å². The van der Waals surface area contributed by atoms with Crippen molar-refractivity contribution >= 4 is 34.0 Å². The molecule has 2 aliphatic rings. The number of aromatic nitrogens is 3. The van der Waals surface area contributed by atoms with Crippen LogP contribution in [-0.4, -0.2) is 27.4 Å². The highest BCUT2D eigenvalue weighted by Crippen LogP contribution is 2.48. The summed E-state index contributed by atoms with van der Waals surface area (Å²) in [5, 5.41) is 9.46. The maximum atomic E-state index is 6.46. The van der Waals surface area contributed by atoms with Crippen LogP contribution in [0.4, 0.5) is 0 Å². The molecule has 0 unspecified atom stereocenters. The lowest BCUT2D eigenvalue weighted by molar-refractivity contribution is -0.0704. The zero-order valence-electron chi connectivity index (χ0n) is 16.5. The van der Waals surface area contributed by atoms with Crippen LogP contribution < -0.4 is 5.32 Å². The molecule has 3 aromatic rings. The Balaban J connectivity index is 1.48. The van der Waals surface area contributed by atoms with Crippen LogP contribution in [0.2, 0.25) is 4.34 Å². The van der Waals surface area contributed by atoms with Crippen LogP contribution in [0.1, 0.15) is 53.9 Å². The summed E-state index contributed by atoms with van der Waals surface area (Å²) in [6, 6.07) is 4.98. The Kier molecular flexibility index (Phi) is 4.51. The third-order valence-corrected chi connectivity index (χ3v) is 7.68. The SMILES string of the molecule is Cc1nn(C)c2ncc([C@@H]3CC[C@]4(C[C@H](C)N3)OCCc3cc(Cl)sc34)cc12. The van der Waals surface area contributed by atoms with Crippen molar-refractivity contribution in [2.24, 2.45) is 7.05 Å². The molecule has 3 aromatic heterocycles. The van der Waals surface area contributed by atoms with Gasteiger partial charge in [0.15, 0.2) is 5.65 Å². The monoisotopic (exact) mass is 416 g/mol. The van der Waals surface area contributed by atoms with Gasteiger partial charge in [0.25, 0.3) is 0 Å². The molecule has 0 amide bonds. The summed E-state index contributed by atoms with van der Waals surface area (Å²) in [6.07, 6.45) is 5.93. The average Bonchev–Trinajstić information content (AvgIpc) is 3.12. The Bertz CT molecular complexity index is 1040. The van der Waals surface area contributed by atoms with Crippen molar-refractivity contribution in [2.75, 3.05) is 6.61 Å². The molecule has 2 aliphatic heterocycles. The van der Waals surface area contributed by atoms with E-state index in [0.717, 1.165) is 53.4 Å². The molecule has 3 atom stereocenters. The number of halogens is 1. The van der Waals surface area contributed by atoms with Gasteiger partial charge in [-0.15, -0.1) is 11.3 Å². The van der Waals surface area contributed by atoms with Crippen LogP contribution in [0.3, 0.4) is 0 Å². The molecule has 1 spiro atoms. The maximum Gasteiger partial charge on any atom is 0.157 e. The maximum absolute atomic E-state index is 6.46. The number of fused-ring (bicyclic) bond motifs is 3. The van der Waals surface area contributed by atoms with Crippen molar-refractivity contribution in [3.8, 4) is 0 Å². The lowest BCUT2D eigenvalue weighted by Crippen LogP contribution is -2.38. The van der Waals surface area contributed by atoms with Crippen LogP contribution in [0.15, 0.2) is 18.3 Å². The van der Waals surface area contributed by atoms with Crippen LogP contribution >= 0.6 is 22.9 Å². The van der Waals surface area contributed by atoms with E-state index in [-0.39, 0.29) is 11.6 Å². The smallest absolute Gasteiger partial charge is 0.157 e. The molecule has 0 bridgehead atoms. The molecule has 1 N–H and O–H groups in total. The second-order valence-electron chi connectivity index (χ2n) is 8.21. The predicted molar refractivity (Wildman–Crippen MR) is 113 cm³/mol. The number of aryl methyl sites for hydroxylation is 2. The second kappa shape index (κ2) is 6.80. The second-order valence-corrected chi connectivity index (χ2v) is 9.89. The molecule has 0 aromatic carbocycles. The molecule has 0 aliphatic carbocycles. The summed E-state index contributed by atoms with van der Waals surface area (Å²) in [6.45, 7) is 5.08. The predicted octanol–water partition coefficient (Wildman–Crippen LogP) is 4.66. The molecule has 0 radical (unpaired) electrons. The van der Waals surface area contributed by atoms with Gasteiger partial charge in [-0.3, -0.25) is 4.68 Å². The first-order chi connectivity index (χ1) is 13.4. The molecule has 5 rings (SSSR count). The van der Waals surface area contributed by atoms with Crippen molar-refractivity contribution in [3.63, 3.8) is 0 Å². The van der Waals surface area contributed by atoms with E-state index in [1.165, 1.54) is 16.0 Å². The molecule has 7 heteroatoms. The van der Waals surface area contributed by atoms with Crippen LogP contribution in [0.25, 0.3) is 11.0 Å². The first-order valence-corrected chi connectivity index (χ1v) is 11.1. The third-order valence-electron chi connectivity index (χ3n) is 6.19. The van der Waals surface area contributed by atoms with E-state index in [9.17, 15) is 0 Å². The molecule has 0 saturated carbocycles. The number of nitrogens with zero attached hydrogens (tertiary/aromatic N) is 3. The van der Waals surface area contributed by atoms with Gasteiger partial charge >= 0.3 is 0 Å². The lowest BCUT2D eigenvalue weighted by Gasteiger charge is -2.37. The highest BCUT2D eigenvalue weighted by Gasteiger charge is 2.43. The van der Waals surface area contributed by atoms with Gasteiger partial charge in [0.1, 0.15) is 5.60 Å². The summed E-state index contributed by atoms with van der Waals surface area (Å²) in [7, 11) is 1.95. The average molecular weight is 417 g/mol. The van der Waals surface area contributed by atoms with Crippen molar-refractivity contribution in [1.82, 2.24) is 20.1 Å². The van der Waals surface area contributed by atoms with E-state index in [4.69, 9.17) is 16.3 Å². The van der Waals surface area contributed by atoms with Crippen LogP contribution in [0, 0.1) is 6.92 Å². The number of hydrogen-bond donors (Lipinski definition) is 1. The molecular formula is C21H25ClN4OS. The third kappa shape index (κ3) is 2.98. The van der Waals surface area contributed by atoms with Crippen molar-refractivity contribution < 1.29 is 4.74 Å². The van der Waals surface area contributed by atoms with Gasteiger partial charge in [-0.05, 0) is 62.8 Å². The Labute approximate surface area is 174 Å². The van der Waals surface area contributed by atoms with Gasteiger partial charge in [0, 0.05) is 35.6 Å². The highest BCUT2D eigenvalue weighted by molar-refractivity contribution is 7.16. The number of hydrogen-bond acceptors (Lipinski definition) is 5. The van der Waals surface area contributed by atoms with Gasteiger partial charge in [0.2, 0.25) is 0 Å². The van der Waals surface area contributed by atoms with E-state index < -0.39 is 0 Å². The molecule has 1 saturated heterocycles. The zero-order chi connectivity index (χ0) is 19.5. The normalized spacial score (nSPS) is 27.9. The molecule has 5 nitrogen and oxygen atoms in total. The van der Waals surface area contributed by atoms with Gasteiger partial charge in [-0.1, -0.05) is 11.6 Å². The number of thiophene rings is 1. The fourth-order valence-electron chi connectivity index (χ4n) is 4.96. The molecular weight excluding hydrogens is 392 g/mol. The molecule has 28 heavy (non-hydrogen) atoms. The number of ether oxygens (including phenoxy) is 1. The standard InChI is InChI=1S/C21H25ClN4OS/c1-12-10-21(19-14(5-7-27-21)9-18(22)28-19)6-4-17(24-12)15-8-16-13(2)25-26(3)20(16)23-11-15/h8-9,11-12,17,24H,4-7,10H2,1-3H3/t12-,17-,21+/m0/s1. The van der Waals surface area contributed by atoms with Gasteiger partial charge in [0.05, 0.1) is 16.6 Å². The molecule has 148 valence electrons. The van der Waals surface area contributed by atoms with Gasteiger partial charge in [-0.25, -0.2) is 4.98 Å². The minimum absolute atomic E-state index is 0.214. The van der Waals surface area contributed by atoms with E-state index in [0.29, 0.717) is 6.04 Å². The topological polar surface area (TPSA) is 52.0 Å². The summed E-state index contributed by atoms with van der Waals surface area (Å²) in [5.41, 5.74) is 4.36. The Morgan fingerprint density at radius 1 is 1.39 bits per heavy atom. The lowest BCUT2D eigenvalue weighted by atomic mass is 9.85. The Morgan fingerprint density at radius 3 is 3.11 bits per heavy atom.